The van der Waals surface area contributed by atoms with Gasteiger partial charge in [0, 0.05) is 23.5 Å². The smallest absolute Gasteiger partial charge is 0.358 e. The Morgan fingerprint density at radius 3 is 2.44 bits per heavy atom. The lowest BCUT2D eigenvalue weighted by Gasteiger charge is -2.21. The largest absolute Gasteiger partial charge is 0.489 e. The van der Waals surface area contributed by atoms with Gasteiger partial charge in [0.25, 0.3) is 0 Å². The molecule has 0 unspecified atom stereocenters. The highest BCUT2D eigenvalue weighted by molar-refractivity contribution is 6.01. The zero-order chi connectivity index (χ0) is 19.2. The summed E-state index contributed by atoms with van der Waals surface area (Å²) >= 11 is 0. The fourth-order valence-corrected chi connectivity index (χ4v) is 2.93. The second-order valence-electron chi connectivity index (χ2n) is 5.95. The van der Waals surface area contributed by atoms with Crippen LogP contribution in [0.3, 0.4) is 0 Å². The SMILES string of the molecule is CCOC(=O)c1[nH]c2ccccc2c1OCCN(C(C)=O)c1ccccc1. The number of hydrogen-bond acceptors (Lipinski definition) is 4. The minimum absolute atomic E-state index is 0.0747. The zero-order valence-corrected chi connectivity index (χ0v) is 15.4. The van der Waals surface area contributed by atoms with Crippen LogP contribution in [-0.4, -0.2) is 36.6 Å². The molecule has 0 bridgehead atoms. The number of H-pyrrole nitrogens is 1. The first-order valence-electron chi connectivity index (χ1n) is 8.85. The summed E-state index contributed by atoms with van der Waals surface area (Å²) in [5.41, 5.74) is 1.88. The van der Waals surface area contributed by atoms with Gasteiger partial charge in [-0.1, -0.05) is 30.3 Å². The average molecular weight is 366 g/mol. The summed E-state index contributed by atoms with van der Waals surface area (Å²) in [5, 5.41) is 0.801. The van der Waals surface area contributed by atoms with Gasteiger partial charge >= 0.3 is 5.97 Å². The van der Waals surface area contributed by atoms with E-state index in [1.165, 1.54) is 6.92 Å². The molecule has 2 aromatic carbocycles. The number of aromatic nitrogens is 1. The molecule has 1 aromatic heterocycles. The van der Waals surface area contributed by atoms with Crippen LogP contribution in [0.15, 0.2) is 54.6 Å². The van der Waals surface area contributed by atoms with Crippen LogP contribution in [0.1, 0.15) is 24.3 Å². The zero-order valence-electron chi connectivity index (χ0n) is 15.4. The summed E-state index contributed by atoms with van der Waals surface area (Å²) in [5.74, 6) is -0.0925. The molecule has 0 spiro atoms. The molecule has 0 fully saturated rings. The van der Waals surface area contributed by atoms with Gasteiger partial charge < -0.3 is 19.4 Å². The summed E-state index contributed by atoms with van der Waals surface area (Å²) in [6, 6.07) is 16.9. The minimum Gasteiger partial charge on any atom is -0.489 e. The van der Waals surface area contributed by atoms with Gasteiger partial charge in [-0.05, 0) is 31.2 Å². The number of anilines is 1. The van der Waals surface area contributed by atoms with Crippen molar-refractivity contribution < 1.29 is 19.1 Å². The number of hydrogen-bond donors (Lipinski definition) is 1. The number of rotatable bonds is 7. The molecule has 0 atom stereocenters. The highest BCUT2D eigenvalue weighted by Gasteiger charge is 2.21. The fourth-order valence-electron chi connectivity index (χ4n) is 2.93. The summed E-state index contributed by atoms with van der Waals surface area (Å²) in [4.78, 5) is 29.0. The van der Waals surface area contributed by atoms with Crippen molar-refractivity contribution in [3.63, 3.8) is 0 Å². The van der Waals surface area contributed by atoms with Gasteiger partial charge in [0.1, 0.15) is 6.61 Å². The van der Waals surface area contributed by atoms with Crippen LogP contribution < -0.4 is 9.64 Å². The molecule has 6 nitrogen and oxygen atoms in total. The molecule has 0 saturated heterocycles. The quantitative estimate of drug-likeness (QED) is 0.646. The summed E-state index contributed by atoms with van der Waals surface area (Å²) in [6.45, 7) is 4.15. The Kier molecular flexibility index (Phi) is 5.76. The van der Waals surface area contributed by atoms with Gasteiger partial charge in [0.2, 0.25) is 5.91 Å². The van der Waals surface area contributed by atoms with Crippen LogP contribution in [0.2, 0.25) is 0 Å². The van der Waals surface area contributed by atoms with E-state index < -0.39 is 5.97 Å². The van der Waals surface area contributed by atoms with E-state index in [1.807, 2.05) is 54.6 Å². The maximum atomic E-state index is 12.3. The van der Waals surface area contributed by atoms with Crippen molar-refractivity contribution in [3.8, 4) is 5.75 Å². The number of para-hydroxylation sites is 2. The first-order valence-corrected chi connectivity index (χ1v) is 8.85. The van der Waals surface area contributed by atoms with E-state index in [9.17, 15) is 9.59 Å². The van der Waals surface area contributed by atoms with Gasteiger partial charge in [-0.3, -0.25) is 4.79 Å². The molecule has 0 aliphatic carbocycles. The molecule has 0 aliphatic rings. The molecule has 1 heterocycles. The number of ether oxygens (including phenoxy) is 2. The van der Waals surface area contributed by atoms with Crippen LogP contribution in [0.4, 0.5) is 5.69 Å². The molecule has 3 aromatic rings. The van der Waals surface area contributed by atoms with Crippen molar-refractivity contribution >= 4 is 28.5 Å². The van der Waals surface area contributed by atoms with Gasteiger partial charge in [0.15, 0.2) is 11.4 Å². The number of fused-ring (bicyclic) bond motifs is 1. The maximum absolute atomic E-state index is 12.3. The lowest BCUT2D eigenvalue weighted by molar-refractivity contribution is -0.116. The average Bonchev–Trinajstić information content (AvgIpc) is 3.04. The van der Waals surface area contributed by atoms with Crippen molar-refractivity contribution in [1.29, 1.82) is 0 Å². The molecule has 0 aliphatic heterocycles. The van der Waals surface area contributed by atoms with Gasteiger partial charge in [0.05, 0.1) is 13.2 Å². The molecule has 1 amide bonds. The van der Waals surface area contributed by atoms with E-state index in [-0.39, 0.29) is 24.8 Å². The van der Waals surface area contributed by atoms with E-state index in [4.69, 9.17) is 9.47 Å². The molecular formula is C21H22N2O4. The van der Waals surface area contributed by atoms with E-state index in [0.29, 0.717) is 12.3 Å². The third-order valence-corrected chi connectivity index (χ3v) is 4.15. The Hall–Kier alpha value is -3.28. The fraction of sp³-hybridized carbons (Fsp3) is 0.238. The summed E-state index contributed by atoms with van der Waals surface area (Å²) in [6.07, 6.45) is 0. The first-order chi connectivity index (χ1) is 13.1. The summed E-state index contributed by atoms with van der Waals surface area (Å²) in [7, 11) is 0. The monoisotopic (exact) mass is 366 g/mol. The summed E-state index contributed by atoms with van der Waals surface area (Å²) < 4.78 is 11.1. The number of nitrogens with zero attached hydrogens (tertiary/aromatic N) is 1. The van der Waals surface area contributed by atoms with Gasteiger partial charge in [-0.2, -0.15) is 0 Å². The number of nitrogens with one attached hydrogen (secondary N) is 1. The number of carbonyl (C=O) groups is 2. The molecule has 0 radical (unpaired) electrons. The molecule has 27 heavy (non-hydrogen) atoms. The number of esters is 1. The van der Waals surface area contributed by atoms with Crippen molar-refractivity contribution in [3.05, 3.63) is 60.3 Å². The van der Waals surface area contributed by atoms with E-state index >= 15 is 0 Å². The van der Waals surface area contributed by atoms with Crippen LogP contribution >= 0.6 is 0 Å². The van der Waals surface area contributed by atoms with Crippen LogP contribution in [-0.2, 0) is 9.53 Å². The number of benzene rings is 2. The Bertz CT molecular complexity index is 934. The second-order valence-corrected chi connectivity index (χ2v) is 5.95. The van der Waals surface area contributed by atoms with Crippen molar-refractivity contribution in [2.45, 2.75) is 13.8 Å². The normalized spacial score (nSPS) is 10.6. The van der Waals surface area contributed by atoms with E-state index in [1.54, 1.807) is 11.8 Å². The highest BCUT2D eigenvalue weighted by Crippen LogP contribution is 2.30. The third-order valence-electron chi connectivity index (χ3n) is 4.15. The van der Waals surface area contributed by atoms with Crippen molar-refractivity contribution in [2.75, 3.05) is 24.7 Å². The Morgan fingerprint density at radius 2 is 1.74 bits per heavy atom. The van der Waals surface area contributed by atoms with Crippen molar-refractivity contribution in [2.24, 2.45) is 0 Å². The Balaban J connectivity index is 1.80. The number of aromatic amines is 1. The maximum Gasteiger partial charge on any atom is 0.358 e. The molecule has 6 heteroatoms. The minimum atomic E-state index is -0.463. The standard InChI is InChI=1S/C21H22N2O4/c1-3-26-21(25)19-20(17-11-7-8-12-18(17)22-19)27-14-13-23(15(2)24)16-9-5-4-6-10-16/h4-12,22H,3,13-14H2,1-2H3. The van der Waals surface area contributed by atoms with Crippen molar-refractivity contribution in [1.82, 2.24) is 4.98 Å². The molecule has 3 rings (SSSR count). The highest BCUT2D eigenvalue weighted by atomic mass is 16.5. The first kappa shape index (κ1) is 18.5. The van der Waals surface area contributed by atoms with Gasteiger partial charge in [-0.25, -0.2) is 4.79 Å². The van der Waals surface area contributed by atoms with E-state index in [2.05, 4.69) is 4.98 Å². The lowest BCUT2D eigenvalue weighted by atomic mass is 10.2. The van der Waals surface area contributed by atoms with Crippen LogP contribution in [0.25, 0.3) is 10.9 Å². The van der Waals surface area contributed by atoms with Crippen LogP contribution in [0.5, 0.6) is 5.75 Å². The molecular weight excluding hydrogens is 344 g/mol. The lowest BCUT2D eigenvalue weighted by Crippen LogP contribution is -2.32. The topological polar surface area (TPSA) is 71.6 Å². The van der Waals surface area contributed by atoms with Crippen LogP contribution in [0, 0.1) is 0 Å². The predicted octanol–water partition coefficient (Wildman–Crippen LogP) is 3.78. The second kappa shape index (κ2) is 8.40. The Morgan fingerprint density at radius 1 is 1.04 bits per heavy atom. The molecule has 0 saturated carbocycles. The molecule has 140 valence electrons. The Labute approximate surface area is 157 Å². The van der Waals surface area contributed by atoms with E-state index in [0.717, 1.165) is 16.6 Å². The van der Waals surface area contributed by atoms with Gasteiger partial charge in [-0.15, -0.1) is 0 Å². The number of amides is 1. The predicted molar refractivity (Wildman–Crippen MR) is 104 cm³/mol. The molecule has 1 N–H and O–H groups in total. The third kappa shape index (κ3) is 4.11. The number of carbonyl (C=O) groups excluding carboxylic acids is 2.